The standard InChI is InChI=1S/C72H70BN3O/c1-69(2,3)50-27-34-54(35-28-50)74(61-26-20-19-25-58(61)48-23-17-14-18-24-48)57-40-41-60-62(46-57)75(55-36-29-51(30-37-55)70(4,5)6)63-43-49(47-21-15-13-16-22-47)44-64-66(63)73(60)68-67(59-45-53(72(10,11)12)33-42-65(59)77-68)76(64)56-38-31-52(32-39-56)71(7,8)9/h13-46H,1-12H3. The quantitative estimate of drug-likeness (QED) is 0.148. The van der Waals surface area contributed by atoms with Crippen LogP contribution in [0.3, 0.4) is 0 Å². The van der Waals surface area contributed by atoms with Gasteiger partial charge in [-0.15, -0.1) is 0 Å². The number of nitrogens with zero attached hydrogens (tertiary/aromatic N) is 3. The highest BCUT2D eigenvalue weighted by atomic mass is 16.3. The minimum atomic E-state index is -0.235. The largest absolute Gasteiger partial charge is 0.468 e. The minimum absolute atomic E-state index is 0.000284. The molecule has 1 aromatic heterocycles. The van der Waals surface area contributed by atoms with Crippen molar-refractivity contribution in [2.75, 3.05) is 14.7 Å². The van der Waals surface area contributed by atoms with Crippen LogP contribution in [0.2, 0.25) is 0 Å². The molecule has 0 unspecified atom stereocenters. The summed E-state index contributed by atoms with van der Waals surface area (Å²) >= 11 is 0. The lowest BCUT2D eigenvalue weighted by molar-refractivity contribution is 0.590. The second-order valence-corrected chi connectivity index (χ2v) is 25.5. The molecular formula is C72H70BN3O. The predicted molar refractivity (Wildman–Crippen MR) is 331 cm³/mol. The molecule has 3 heterocycles. The highest BCUT2D eigenvalue weighted by Crippen LogP contribution is 2.51. The van der Waals surface area contributed by atoms with E-state index in [1.807, 2.05) is 0 Å². The van der Waals surface area contributed by atoms with Gasteiger partial charge < -0.3 is 19.1 Å². The van der Waals surface area contributed by atoms with Crippen molar-refractivity contribution in [1.29, 1.82) is 0 Å². The Kier molecular flexibility index (Phi) is 11.9. The Balaban J connectivity index is 1.18. The molecular weight excluding hydrogens is 934 g/mol. The minimum Gasteiger partial charge on any atom is -0.468 e. The number of fused-ring (bicyclic) bond motifs is 6. The molecule has 0 fully saturated rings. The summed E-state index contributed by atoms with van der Waals surface area (Å²) < 4.78 is 7.45. The van der Waals surface area contributed by atoms with Crippen LogP contribution < -0.4 is 31.3 Å². The van der Waals surface area contributed by atoms with E-state index in [-0.39, 0.29) is 28.4 Å². The fraction of sp³-hybridized carbons (Fsp3) is 0.222. The normalized spacial score (nSPS) is 13.4. The molecule has 0 aliphatic carbocycles. The molecule has 0 spiro atoms. The maximum absolute atomic E-state index is 7.45. The third-order valence-corrected chi connectivity index (χ3v) is 16.1. The smallest absolute Gasteiger partial charge is 0.297 e. The number of hydrogen-bond acceptors (Lipinski definition) is 4. The SMILES string of the molecule is CC(C)(C)c1ccc(N(c2ccc3c(c2)N(c2ccc(C(C)(C)C)cc2)c2cc(-c4ccccc4)cc4c2B3c2oc3ccc(C(C)(C)C)cc3c2N4c2ccc(C(C)(C)C)cc2)c2ccccc2-c2ccccc2)cc1. The molecule has 4 nitrogen and oxygen atoms in total. The zero-order valence-corrected chi connectivity index (χ0v) is 47.0. The highest BCUT2D eigenvalue weighted by Gasteiger charge is 2.47. The second kappa shape index (κ2) is 18.3. The molecule has 0 bridgehead atoms. The van der Waals surface area contributed by atoms with Crippen LogP contribution in [0.4, 0.5) is 51.2 Å². The van der Waals surface area contributed by atoms with Crippen LogP contribution in [-0.2, 0) is 21.7 Å². The van der Waals surface area contributed by atoms with E-state index in [1.165, 1.54) is 38.7 Å². The van der Waals surface area contributed by atoms with Gasteiger partial charge in [0, 0.05) is 50.8 Å². The van der Waals surface area contributed by atoms with Crippen LogP contribution in [0.1, 0.15) is 105 Å². The number of hydrogen-bond donors (Lipinski definition) is 0. The van der Waals surface area contributed by atoms with E-state index in [9.17, 15) is 0 Å². The Labute approximate surface area is 457 Å². The average molecular weight is 1000 g/mol. The maximum Gasteiger partial charge on any atom is 0.297 e. The summed E-state index contributed by atoms with van der Waals surface area (Å²) in [5, 5.41) is 1.12. The first kappa shape index (κ1) is 49.8. The first-order valence-electron chi connectivity index (χ1n) is 27.5. The number of para-hydroxylation sites is 1. The summed E-state index contributed by atoms with van der Waals surface area (Å²) in [6, 6.07) is 77.3. The molecule has 0 saturated heterocycles. The summed E-state index contributed by atoms with van der Waals surface area (Å²) in [7, 11) is 0. The van der Waals surface area contributed by atoms with Gasteiger partial charge in [-0.2, -0.15) is 0 Å². The molecule has 2 aliphatic heterocycles. The van der Waals surface area contributed by atoms with Crippen molar-refractivity contribution in [3.8, 4) is 22.3 Å². The Morgan fingerprint density at radius 2 is 0.870 bits per heavy atom. The summed E-state index contributed by atoms with van der Waals surface area (Å²) in [6.45, 7) is 27.3. The van der Waals surface area contributed by atoms with E-state index in [0.29, 0.717) is 0 Å². The van der Waals surface area contributed by atoms with Gasteiger partial charge in [0.1, 0.15) is 5.58 Å². The summed E-state index contributed by atoms with van der Waals surface area (Å²) in [5.74, 6) is 0. The molecule has 0 amide bonds. The molecule has 382 valence electrons. The third-order valence-electron chi connectivity index (χ3n) is 16.1. The van der Waals surface area contributed by atoms with Gasteiger partial charge in [0.05, 0.1) is 17.0 Å². The molecule has 77 heavy (non-hydrogen) atoms. The van der Waals surface area contributed by atoms with E-state index < -0.39 is 0 Å². The monoisotopic (exact) mass is 1000 g/mol. The fourth-order valence-corrected chi connectivity index (χ4v) is 11.7. The third kappa shape index (κ3) is 8.84. The Hall–Kier alpha value is -8.02. The Bertz CT molecular complexity index is 3830. The molecule has 0 radical (unpaired) electrons. The van der Waals surface area contributed by atoms with Gasteiger partial charge in [-0.3, -0.25) is 0 Å². The van der Waals surface area contributed by atoms with Crippen LogP contribution >= 0.6 is 0 Å². The van der Waals surface area contributed by atoms with Crippen LogP contribution in [0.25, 0.3) is 33.2 Å². The van der Waals surface area contributed by atoms with Gasteiger partial charge in [0.15, 0.2) is 0 Å². The van der Waals surface area contributed by atoms with Gasteiger partial charge in [-0.05, 0) is 150 Å². The van der Waals surface area contributed by atoms with Gasteiger partial charge in [0.2, 0.25) is 0 Å². The molecule has 0 saturated carbocycles. The van der Waals surface area contributed by atoms with Crippen LogP contribution in [0.15, 0.2) is 211 Å². The van der Waals surface area contributed by atoms with E-state index in [4.69, 9.17) is 4.42 Å². The number of rotatable bonds is 7. The van der Waals surface area contributed by atoms with Crippen LogP contribution in [0.5, 0.6) is 0 Å². The van der Waals surface area contributed by atoms with E-state index in [0.717, 1.165) is 84.5 Å². The first-order chi connectivity index (χ1) is 36.7. The number of furan rings is 1. The molecule has 10 aromatic rings. The first-order valence-corrected chi connectivity index (χ1v) is 27.5. The lowest BCUT2D eigenvalue weighted by Crippen LogP contribution is -2.61. The van der Waals surface area contributed by atoms with Crippen LogP contribution in [0, 0.1) is 0 Å². The zero-order chi connectivity index (χ0) is 53.8. The lowest BCUT2D eigenvalue weighted by atomic mass is 9.35. The molecule has 12 rings (SSSR count). The number of benzene rings is 9. The van der Waals surface area contributed by atoms with Gasteiger partial charge in [0.25, 0.3) is 6.71 Å². The summed E-state index contributed by atoms with van der Waals surface area (Å²) in [6.07, 6.45) is 0. The molecule has 2 aliphatic rings. The van der Waals surface area contributed by atoms with E-state index in [1.54, 1.807) is 0 Å². The zero-order valence-electron chi connectivity index (χ0n) is 47.0. The second-order valence-electron chi connectivity index (χ2n) is 25.5. The average Bonchev–Trinajstić information content (AvgIpc) is 4.00. The van der Waals surface area contributed by atoms with Crippen LogP contribution in [-0.4, -0.2) is 6.71 Å². The number of anilines is 9. The van der Waals surface area contributed by atoms with Crippen molar-refractivity contribution in [2.45, 2.75) is 105 Å². The lowest BCUT2D eigenvalue weighted by Gasteiger charge is -2.43. The van der Waals surface area contributed by atoms with Crippen molar-refractivity contribution in [3.63, 3.8) is 0 Å². The van der Waals surface area contributed by atoms with E-state index in [2.05, 4.69) is 304 Å². The topological polar surface area (TPSA) is 22.9 Å². The van der Waals surface area contributed by atoms with Crippen molar-refractivity contribution in [3.05, 3.63) is 229 Å². The van der Waals surface area contributed by atoms with Crippen molar-refractivity contribution in [1.82, 2.24) is 0 Å². The van der Waals surface area contributed by atoms with E-state index >= 15 is 0 Å². The van der Waals surface area contributed by atoms with Crippen molar-refractivity contribution >= 4 is 85.5 Å². The molecule has 5 heteroatoms. The van der Waals surface area contributed by atoms with Gasteiger partial charge >= 0.3 is 0 Å². The fourth-order valence-electron chi connectivity index (χ4n) is 11.7. The summed E-state index contributed by atoms with van der Waals surface area (Å²) in [4.78, 5) is 7.52. The molecule has 0 N–H and O–H groups in total. The Morgan fingerprint density at radius 1 is 0.390 bits per heavy atom. The predicted octanol–water partition coefficient (Wildman–Crippen LogP) is 18.5. The summed E-state index contributed by atoms with van der Waals surface area (Å²) in [5.41, 5.74) is 23.9. The maximum atomic E-state index is 7.45. The van der Waals surface area contributed by atoms with Gasteiger partial charge in [-0.1, -0.05) is 210 Å². The van der Waals surface area contributed by atoms with Crippen molar-refractivity contribution < 1.29 is 4.42 Å². The highest BCUT2D eigenvalue weighted by molar-refractivity contribution is 7.00. The molecule has 0 atom stereocenters. The van der Waals surface area contributed by atoms with Crippen molar-refractivity contribution in [2.24, 2.45) is 0 Å². The Morgan fingerprint density at radius 3 is 1.44 bits per heavy atom. The molecule has 9 aromatic carbocycles. The van der Waals surface area contributed by atoms with Gasteiger partial charge in [-0.25, -0.2) is 0 Å².